The molecule has 3 aromatic rings. The van der Waals surface area contributed by atoms with Crippen molar-refractivity contribution in [2.24, 2.45) is 0 Å². The monoisotopic (exact) mass is 596 g/mol. The highest BCUT2D eigenvalue weighted by atomic mass is 16.7. The average molecular weight is 597 g/mol. The third-order valence-electron chi connectivity index (χ3n) is 7.25. The van der Waals surface area contributed by atoms with Crippen LogP contribution >= 0.6 is 0 Å². The van der Waals surface area contributed by atoms with E-state index in [2.05, 4.69) is 0 Å². The zero-order valence-corrected chi connectivity index (χ0v) is 22.8. The Balaban J connectivity index is 1.50. The number of rotatable bonds is 8. The maximum atomic E-state index is 13.7. The molecule has 5 rings (SSSR count). The second-order valence-corrected chi connectivity index (χ2v) is 9.82. The zero-order valence-electron chi connectivity index (χ0n) is 22.8. The number of hydrogen-bond donors (Lipinski definition) is 6. The molecule has 230 valence electrons. The first-order chi connectivity index (χ1) is 20.1. The Hall–Kier alpha value is -3.25. The molecule has 2 fully saturated rings. The van der Waals surface area contributed by atoms with E-state index in [4.69, 9.17) is 37.6 Å². The van der Waals surface area contributed by atoms with Gasteiger partial charge in [0.1, 0.15) is 65.0 Å². The van der Waals surface area contributed by atoms with Crippen LogP contribution in [0, 0.1) is 0 Å². The van der Waals surface area contributed by atoms with Gasteiger partial charge >= 0.3 is 0 Å². The summed E-state index contributed by atoms with van der Waals surface area (Å²) in [6, 6.07) is 6.10. The van der Waals surface area contributed by atoms with Crippen LogP contribution in [-0.4, -0.2) is 120 Å². The van der Waals surface area contributed by atoms with Crippen molar-refractivity contribution in [3.8, 4) is 23.0 Å². The smallest absolute Gasteiger partial charge is 0.229 e. The second-order valence-electron chi connectivity index (χ2n) is 9.82. The van der Waals surface area contributed by atoms with Crippen LogP contribution in [0.15, 0.2) is 33.5 Å². The Morgan fingerprint density at radius 3 is 2.24 bits per heavy atom. The van der Waals surface area contributed by atoms with E-state index in [0.29, 0.717) is 5.75 Å². The normalized spacial score (nSPS) is 31.7. The minimum Gasteiger partial charge on any atom is -0.497 e. The van der Waals surface area contributed by atoms with Gasteiger partial charge < -0.3 is 68.2 Å². The van der Waals surface area contributed by atoms with E-state index in [9.17, 15) is 35.4 Å². The van der Waals surface area contributed by atoms with Crippen LogP contribution in [0.25, 0.3) is 21.9 Å². The molecule has 2 aliphatic rings. The van der Waals surface area contributed by atoms with Crippen LogP contribution < -0.4 is 24.4 Å². The molecule has 3 heterocycles. The van der Waals surface area contributed by atoms with Gasteiger partial charge in [0.05, 0.1) is 39.9 Å². The molecule has 2 saturated heterocycles. The summed E-state index contributed by atoms with van der Waals surface area (Å²) in [7, 11) is 4.10. The van der Waals surface area contributed by atoms with Crippen molar-refractivity contribution in [2.45, 2.75) is 55.3 Å². The summed E-state index contributed by atoms with van der Waals surface area (Å²) < 4.78 is 44.4. The standard InChI is InChI=1S/C27H32O15/c1-35-10-4-5-13-11(6-10)18(29)17-14(40-13)7-15(36-2)24(37-3)25(17)42-27-23(34)21(32)20(31)16(41-27)9-39-26-22(33)19(30)12(28)8-38-26/h4-7,12,16,19-23,26-28,30-34H,8-9H2,1-3H3/t12-,16-,19+,20-,21+,22-,23-,26+,27+/m1/s1. The van der Waals surface area contributed by atoms with Gasteiger partial charge in [-0.2, -0.15) is 0 Å². The summed E-state index contributed by atoms with van der Waals surface area (Å²) in [5.41, 5.74) is -0.225. The molecule has 1 aromatic heterocycles. The summed E-state index contributed by atoms with van der Waals surface area (Å²) in [6.07, 6.45) is -14.2. The minimum atomic E-state index is -1.82. The van der Waals surface area contributed by atoms with Gasteiger partial charge in [-0.05, 0) is 18.2 Å². The van der Waals surface area contributed by atoms with Gasteiger partial charge in [-0.3, -0.25) is 4.79 Å². The van der Waals surface area contributed by atoms with E-state index in [1.54, 1.807) is 12.1 Å². The van der Waals surface area contributed by atoms with Crippen LogP contribution in [0.3, 0.4) is 0 Å². The fraction of sp³-hybridized carbons (Fsp3) is 0.519. The Morgan fingerprint density at radius 1 is 0.810 bits per heavy atom. The van der Waals surface area contributed by atoms with Gasteiger partial charge in [0, 0.05) is 6.07 Å². The molecule has 0 bridgehead atoms. The lowest BCUT2D eigenvalue weighted by Gasteiger charge is -2.41. The van der Waals surface area contributed by atoms with Crippen molar-refractivity contribution in [1.82, 2.24) is 0 Å². The topological polar surface area (TPSA) is 216 Å². The van der Waals surface area contributed by atoms with Crippen molar-refractivity contribution in [1.29, 1.82) is 0 Å². The van der Waals surface area contributed by atoms with E-state index < -0.39 is 67.3 Å². The fourth-order valence-electron chi connectivity index (χ4n) is 4.89. The van der Waals surface area contributed by atoms with E-state index in [1.165, 1.54) is 33.5 Å². The summed E-state index contributed by atoms with van der Waals surface area (Å²) in [6.45, 7) is -0.826. The molecule has 15 nitrogen and oxygen atoms in total. The third kappa shape index (κ3) is 5.34. The van der Waals surface area contributed by atoms with E-state index >= 15 is 0 Å². The van der Waals surface area contributed by atoms with Crippen LogP contribution in [0.1, 0.15) is 0 Å². The predicted molar refractivity (Wildman–Crippen MR) is 141 cm³/mol. The van der Waals surface area contributed by atoms with Crippen LogP contribution in [0.4, 0.5) is 0 Å². The zero-order chi connectivity index (χ0) is 30.3. The van der Waals surface area contributed by atoms with Crippen molar-refractivity contribution >= 4 is 21.9 Å². The molecule has 0 aliphatic carbocycles. The first kappa shape index (κ1) is 30.2. The first-order valence-electron chi connectivity index (χ1n) is 12.9. The SMILES string of the molecule is COc1ccc2oc3cc(OC)c(OC)c(O[C@@H]4O[C@H](CO[C@@H]5OC[C@@H](O)[C@H](O)[C@H]5O)[C@@H](O)[C@H](O)[C@H]4O)c3c(=O)c2c1. The fourth-order valence-corrected chi connectivity index (χ4v) is 4.89. The molecular weight excluding hydrogens is 564 g/mol. The molecule has 9 atom stereocenters. The Labute approximate surface area is 237 Å². The molecule has 15 heteroatoms. The molecule has 6 N–H and O–H groups in total. The van der Waals surface area contributed by atoms with Gasteiger partial charge in [0.25, 0.3) is 0 Å². The highest BCUT2D eigenvalue weighted by Crippen LogP contribution is 2.44. The number of ether oxygens (including phenoxy) is 7. The van der Waals surface area contributed by atoms with Crippen molar-refractivity contribution in [3.05, 3.63) is 34.5 Å². The lowest BCUT2D eigenvalue weighted by molar-refractivity contribution is -0.307. The number of aliphatic hydroxyl groups is 6. The lowest BCUT2D eigenvalue weighted by Crippen LogP contribution is -2.61. The Bertz CT molecular complexity index is 1470. The molecule has 2 aromatic carbocycles. The van der Waals surface area contributed by atoms with E-state index in [-0.39, 0.29) is 45.8 Å². The number of benzene rings is 2. The molecule has 2 aliphatic heterocycles. The minimum absolute atomic E-state index is 0.0463. The maximum absolute atomic E-state index is 13.7. The van der Waals surface area contributed by atoms with Crippen molar-refractivity contribution in [2.75, 3.05) is 34.5 Å². The van der Waals surface area contributed by atoms with Gasteiger partial charge in [0.2, 0.25) is 17.5 Å². The average Bonchev–Trinajstić information content (AvgIpc) is 2.99. The van der Waals surface area contributed by atoms with E-state index in [1.807, 2.05) is 0 Å². The van der Waals surface area contributed by atoms with Gasteiger partial charge in [-0.1, -0.05) is 0 Å². The third-order valence-corrected chi connectivity index (χ3v) is 7.25. The number of aliphatic hydroxyl groups excluding tert-OH is 6. The van der Waals surface area contributed by atoms with Crippen LogP contribution in [0.2, 0.25) is 0 Å². The first-order valence-corrected chi connectivity index (χ1v) is 12.9. The van der Waals surface area contributed by atoms with Gasteiger partial charge in [-0.25, -0.2) is 0 Å². The Kier molecular flexibility index (Phi) is 8.75. The second kappa shape index (κ2) is 12.2. The lowest BCUT2D eigenvalue weighted by atomic mass is 9.99. The van der Waals surface area contributed by atoms with Gasteiger partial charge in [-0.15, -0.1) is 0 Å². The predicted octanol–water partition coefficient (Wildman–Crippen LogP) is -1.39. The van der Waals surface area contributed by atoms with Crippen LogP contribution in [0.5, 0.6) is 23.0 Å². The summed E-state index contributed by atoms with van der Waals surface area (Å²) >= 11 is 0. The molecule has 0 saturated carbocycles. The quantitative estimate of drug-likeness (QED) is 0.165. The summed E-state index contributed by atoms with van der Waals surface area (Å²) in [5, 5.41) is 61.7. The largest absolute Gasteiger partial charge is 0.497 e. The molecule has 0 radical (unpaired) electrons. The molecule has 42 heavy (non-hydrogen) atoms. The number of hydrogen-bond acceptors (Lipinski definition) is 15. The summed E-state index contributed by atoms with van der Waals surface area (Å²) in [5.74, 6) is 0.235. The van der Waals surface area contributed by atoms with Gasteiger partial charge in [0.15, 0.2) is 17.8 Å². The van der Waals surface area contributed by atoms with Crippen molar-refractivity contribution < 1.29 is 68.2 Å². The van der Waals surface area contributed by atoms with Crippen LogP contribution in [-0.2, 0) is 14.2 Å². The highest BCUT2D eigenvalue weighted by molar-refractivity contribution is 5.96. The number of fused-ring (bicyclic) bond motifs is 2. The maximum Gasteiger partial charge on any atom is 0.229 e. The highest BCUT2D eigenvalue weighted by Gasteiger charge is 2.47. The number of methoxy groups -OCH3 is 3. The van der Waals surface area contributed by atoms with Crippen molar-refractivity contribution in [3.63, 3.8) is 0 Å². The molecule has 0 unspecified atom stereocenters. The van der Waals surface area contributed by atoms with E-state index in [0.717, 1.165) is 0 Å². The molecule has 0 spiro atoms. The Morgan fingerprint density at radius 2 is 1.55 bits per heavy atom. The summed E-state index contributed by atoms with van der Waals surface area (Å²) in [4.78, 5) is 13.7. The molecule has 0 amide bonds. The molecular formula is C27H32O15.